The van der Waals surface area contributed by atoms with Gasteiger partial charge < -0.3 is 15.0 Å². The van der Waals surface area contributed by atoms with Crippen LogP contribution in [0.2, 0.25) is 0 Å². The Labute approximate surface area is 188 Å². The topological polar surface area (TPSA) is 96.0 Å². The summed E-state index contributed by atoms with van der Waals surface area (Å²) in [6.07, 6.45) is 0.668. The lowest BCUT2D eigenvalue weighted by Crippen LogP contribution is -2.45. The first kappa shape index (κ1) is 22.4. The Morgan fingerprint density at radius 1 is 1.03 bits per heavy atom. The van der Waals surface area contributed by atoms with Crippen LogP contribution in [0.25, 0.3) is 0 Å². The lowest BCUT2D eigenvalue weighted by Gasteiger charge is -2.37. The summed E-state index contributed by atoms with van der Waals surface area (Å²) in [5.74, 6) is -0.300. The van der Waals surface area contributed by atoms with Crippen LogP contribution in [-0.4, -0.2) is 62.3 Å². The van der Waals surface area contributed by atoms with E-state index in [1.54, 1.807) is 17.0 Å². The summed E-state index contributed by atoms with van der Waals surface area (Å²) in [7, 11) is -3.85. The van der Waals surface area contributed by atoms with Crippen LogP contribution in [0.5, 0.6) is 0 Å². The van der Waals surface area contributed by atoms with E-state index in [2.05, 4.69) is 5.32 Å². The van der Waals surface area contributed by atoms with Crippen LogP contribution in [0.3, 0.4) is 0 Å². The molecule has 0 spiro atoms. The molecule has 2 amide bonds. The predicted molar refractivity (Wildman–Crippen MR) is 120 cm³/mol. The van der Waals surface area contributed by atoms with E-state index in [0.717, 1.165) is 11.1 Å². The summed E-state index contributed by atoms with van der Waals surface area (Å²) < 4.78 is 34.0. The summed E-state index contributed by atoms with van der Waals surface area (Å²) in [6.45, 7) is 3.72. The van der Waals surface area contributed by atoms with Crippen LogP contribution in [0.4, 0.5) is 5.69 Å². The number of nitrogens with zero attached hydrogens (tertiary/aromatic N) is 2. The highest BCUT2D eigenvalue weighted by atomic mass is 32.2. The highest BCUT2D eigenvalue weighted by Crippen LogP contribution is 2.37. The van der Waals surface area contributed by atoms with Crippen molar-refractivity contribution < 1.29 is 22.7 Å². The van der Waals surface area contributed by atoms with Gasteiger partial charge in [0.25, 0.3) is 0 Å². The second-order valence-corrected chi connectivity index (χ2v) is 9.87. The molecule has 0 radical (unpaired) electrons. The van der Waals surface area contributed by atoms with Crippen LogP contribution in [0.15, 0.2) is 53.4 Å². The molecule has 2 aromatic carbocycles. The number of fused-ring (bicyclic) bond motifs is 1. The first-order valence-electron chi connectivity index (χ1n) is 10.7. The fourth-order valence-electron chi connectivity index (χ4n) is 4.28. The maximum Gasteiger partial charge on any atom is 0.243 e. The average Bonchev–Trinajstić information content (AvgIpc) is 2.79. The number of carbonyl (C=O) groups is 2. The van der Waals surface area contributed by atoms with Crippen LogP contribution < -0.4 is 5.32 Å². The van der Waals surface area contributed by atoms with Gasteiger partial charge in [-0.15, -0.1) is 0 Å². The van der Waals surface area contributed by atoms with Gasteiger partial charge in [-0.2, -0.15) is 4.31 Å². The van der Waals surface area contributed by atoms with Gasteiger partial charge in [-0.05, 0) is 41.8 Å². The molecule has 1 N–H and O–H groups in total. The first-order valence-corrected chi connectivity index (χ1v) is 12.1. The first-order chi connectivity index (χ1) is 15.4. The maximum absolute atomic E-state index is 13.6. The monoisotopic (exact) mass is 457 g/mol. The smallest absolute Gasteiger partial charge is 0.243 e. The minimum Gasteiger partial charge on any atom is -0.378 e. The zero-order chi connectivity index (χ0) is 22.7. The number of hydrogen-bond acceptors (Lipinski definition) is 5. The van der Waals surface area contributed by atoms with Crippen LogP contribution >= 0.6 is 0 Å². The Morgan fingerprint density at radius 3 is 2.41 bits per heavy atom. The van der Waals surface area contributed by atoms with Gasteiger partial charge in [0.1, 0.15) is 0 Å². The summed E-state index contributed by atoms with van der Waals surface area (Å²) >= 11 is 0. The number of rotatable bonds is 5. The van der Waals surface area contributed by atoms with Crippen LogP contribution in [0, 0.1) is 0 Å². The molecule has 4 rings (SSSR count). The third kappa shape index (κ3) is 4.69. The number of carbonyl (C=O) groups excluding carboxylic acids is 2. The summed E-state index contributed by atoms with van der Waals surface area (Å²) in [5.41, 5.74) is 2.47. The number of nitrogens with one attached hydrogen (secondary N) is 1. The number of morpholine rings is 1. The SMILES string of the molecule is CC(=O)Nc1ccc(S(=O)(=O)N2CCc3ccccc3[C@H]2CC(=O)N2CCOCC2)cc1. The molecule has 170 valence electrons. The van der Waals surface area contributed by atoms with E-state index >= 15 is 0 Å². The molecule has 0 bridgehead atoms. The van der Waals surface area contributed by atoms with Crippen molar-refractivity contribution in [3.63, 3.8) is 0 Å². The molecule has 2 aromatic rings. The number of anilines is 1. The molecule has 32 heavy (non-hydrogen) atoms. The fraction of sp³-hybridized carbons (Fsp3) is 0.391. The average molecular weight is 458 g/mol. The van der Waals surface area contributed by atoms with Crippen molar-refractivity contribution in [2.75, 3.05) is 38.2 Å². The maximum atomic E-state index is 13.6. The second kappa shape index (κ2) is 9.40. The van der Waals surface area contributed by atoms with E-state index < -0.39 is 16.1 Å². The molecule has 0 aromatic heterocycles. The fourth-order valence-corrected chi connectivity index (χ4v) is 5.89. The van der Waals surface area contributed by atoms with Gasteiger partial charge in [0.15, 0.2) is 0 Å². The van der Waals surface area contributed by atoms with Gasteiger partial charge in [-0.25, -0.2) is 8.42 Å². The van der Waals surface area contributed by atoms with Crippen molar-refractivity contribution in [2.24, 2.45) is 0 Å². The zero-order valence-electron chi connectivity index (χ0n) is 18.0. The number of ether oxygens (including phenoxy) is 1. The van der Waals surface area contributed by atoms with Crippen LogP contribution in [-0.2, 0) is 30.8 Å². The van der Waals surface area contributed by atoms with E-state index in [1.807, 2.05) is 24.3 Å². The van der Waals surface area contributed by atoms with Crippen molar-refractivity contribution in [1.29, 1.82) is 0 Å². The van der Waals surface area contributed by atoms with Crippen molar-refractivity contribution in [1.82, 2.24) is 9.21 Å². The highest BCUT2D eigenvalue weighted by molar-refractivity contribution is 7.89. The molecule has 9 heteroatoms. The van der Waals surface area contributed by atoms with Gasteiger partial charge in [-0.1, -0.05) is 24.3 Å². The lowest BCUT2D eigenvalue weighted by atomic mass is 9.92. The Kier molecular flexibility index (Phi) is 6.59. The van der Waals surface area contributed by atoms with E-state index in [4.69, 9.17) is 4.74 Å². The van der Waals surface area contributed by atoms with E-state index in [0.29, 0.717) is 45.0 Å². The molecule has 0 saturated carbocycles. The lowest BCUT2D eigenvalue weighted by molar-refractivity contribution is -0.136. The molecule has 2 aliphatic heterocycles. The van der Waals surface area contributed by atoms with Crippen LogP contribution in [0.1, 0.15) is 30.5 Å². The minimum absolute atomic E-state index is 0.0730. The Morgan fingerprint density at radius 2 is 1.72 bits per heavy atom. The Hall–Kier alpha value is -2.75. The number of benzene rings is 2. The van der Waals surface area contributed by atoms with Crippen molar-refractivity contribution >= 4 is 27.5 Å². The molecule has 0 aliphatic carbocycles. The standard InChI is InChI=1S/C23H27N3O5S/c1-17(27)24-19-6-8-20(9-7-19)32(29,30)26-11-10-18-4-2-3-5-21(18)22(26)16-23(28)25-12-14-31-15-13-25/h2-9,22H,10-16H2,1H3,(H,24,27)/t22-/m1/s1. The van der Waals surface area contributed by atoms with E-state index in [-0.39, 0.29) is 23.1 Å². The summed E-state index contributed by atoms with van der Waals surface area (Å²) in [4.78, 5) is 26.2. The molecule has 1 fully saturated rings. The summed E-state index contributed by atoms with van der Waals surface area (Å²) in [6, 6.07) is 13.3. The molecule has 1 atom stereocenters. The predicted octanol–water partition coefficient (Wildman–Crippen LogP) is 2.18. The number of sulfonamides is 1. The number of hydrogen-bond donors (Lipinski definition) is 1. The number of amides is 2. The summed E-state index contributed by atoms with van der Waals surface area (Å²) in [5, 5.41) is 2.64. The third-order valence-electron chi connectivity index (χ3n) is 5.88. The molecule has 2 heterocycles. The molecular weight excluding hydrogens is 430 g/mol. The molecule has 1 saturated heterocycles. The minimum atomic E-state index is -3.85. The van der Waals surface area contributed by atoms with E-state index in [1.165, 1.54) is 23.4 Å². The van der Waals surface area contributed by atoms with Crippen molar-refractivity contribution in [2.45, 2.75) is 30.7 Å². The molecular formula is C23H27N3O5S. The molecule has 2 aliphatic rings. The normalized spacial score (nSPS) is 19.3. The van der Waals surface area contributed by atoms with Gasteiger partial charge >= 0.3 is 0 Å². The van der Waals surface area contributed by atoms with Gasteiger partial charge in [0.2, 0.25) is 21.8 Å². The third-order valence-corrected chi connectivity index (χ3v) is 7.80. The quantitative estimate of drug-likeness (QED) is 0.743. The zero-order valence-corrected chi connectivity index (χ0v) is 18.8. The van der Waals surface area contributed by atoms with Gasteiger partial charge in [-0.3, -0.25) is 9.59 Å². The van der Waals surface area contributed by atoms with Gasteiger partial charge in [0.05, 0.1) is 24.2 Å². The second-order valence-electron chi connectivity index (χ2n) is 7.98. The van der Waals surface area contributed by atoms with Crippen molar-refractivity contribution in [3.8, 4) is 0 Å². The highest BCUT2D eigenvalue weighted by Gasteiger charge is 2.38. The van der Waals surface area contributed by atoms with E-state index in [9.17, 15) is 18.0 Å². The Balaban J connectivity index is 1.64. The molecule has 8 nitrogen and oxygen atoms in total. The Bertz CT molecular complexity index is 1090. The van der Waals surface area contributed by atoms with Gasteiger partial charge in [0, 0.05) is 38.7 Å². The van der Waals surface area contributed by atoms with Crippen molar-refractivity contribution in [3.05, 3.63) is 59.7 Å². The largest absolute Gasteiger partial charge is 0.378 e. The molecule has 0 unspecified atom stereocenters.